The van der Waals surface area contributed by atoms with Crippen molar-refractivity contribution in [1.29, 1.82) is 0 Å². The van der Waals surface area contributed by atoms with E-state index in [1.54, 1.807) is 0 Å². The predicted octanol–water partition coefficient (Wildman–Crippen LogP) is -5.23. The lowest BCUT2D eigenvalue weighted by molar-refractivity contribution is -0.545. The summed E-state index contributed by atoms with van der Waals surface area (Å²) in [6, 6.07) is 0. The van der Waals surface area contributed by atoms with E-state index >= 15 is 0 Å². The Bertz CT molecular complexity index is 690. The maximum atomic E-state index is 12.4. The van der Waals surface area contributed by atoms with Crippen LogP contribution in [0, 0.1) is 0 Å². The Labute approximate surface area is 155 Å². The zero-order valence-corrected chi connectivity index (χ0v) is 14.7. The molecule has 0 aliphatic carbocycles. The molecule has 11 atom stereocenters. The first kappa shape index (κ1) is 20.9. The molecule has 0 aromatic rings. The van der Waals surface area contributed by atoms with E-state index in [1.807, 2.05) is 0 Å². The fourth-order valence-corrected chi connectivity index (χ4v) is 5.28. The normalized spacial score (nSPS) is 60.9. The number of ether oxygens (including phenoxy) is 3. The number of hydrogen-bond donors (Lipinski definition) is 8. The molecule has 2 bridgehead atoms. The van der Waals surface area contributed by atoms with Crippen molar-refractivity contribution in [2.45, 2.75) is 60.5 Å². The van der Waals surface area contributed by atoms with Gasteiger partial charge in [0.15, 0.2) is 6.29 Å². The van der Waals surface area contributed by atoms with Gasteiger partial charge in [0.2, 0.25) is 0 Å². The molecule has 4 saturated heterocycles. The first-order valence-corrected chi connectivity index (χ1v) is 9.54. The number of aliphatic hydroxyl groups is 8. The molecule has 4 fully saturated rings. The molecule has 0 radical (unpaired) electrons. The number of rotatable bonds is 4. The van der Waals surface area contributed by atoms with Gasteiger partial charge in [-0.05, 0) is 0 Å². The molecule has 162 valence electrons. The molecular weight excluding hydrogens is 415 g/mol. The predicted molar refractivity (Wildman–Crippen MR) is 76.3 cm³/mol. The molecule has 0 aromatic carbocycles. The maximum Gasteiger partial charge on any atom is 0.485 e. The monoisotopic (exact) mass is 434 g/mol. The largest absolute Gasteiger partial charge is 0.485 e. The van der Waals surface area contributed by atoms with E-state index in [1.165, 1.54) is 0 Å². The van der Waals surface area contributed by atoms with Gasteiger partial charge in [-0.1, -0.05) is 0 Å². The van der Waals surface area contributed by atoms with Gasteiger partial charge in [0.1, 0.15) is 36.6 Å². The Morgan fingerprint density at radius 2 is 1.57 bits per heavy atom. The molecule has 8 N–H and O–H groups in total. The highest BCUT2D eigenvalue weighted by Gasteiger charge is 2.91. The lowest BCUT2D eigenvalue weighted by Gasteiger charge is -2.54. The van der Waals surface area contributed by atoms with Crippen LogP contribution in [0.15, 0.2) is 0 Å². The quantitative estimate of drug-likeness (QED) is 0.193. The third-order valence-corrected chi connectivity index (χ3v) is 6.45. The van der Waals surface area contributed by atoms with Crippen LogP contribution in [0.3, 0.4) is 0 Å². The van der Waals surface area contributed by atoms with Gasteiger partial charge in [-0.2, -0.15) is 0 Å². The Kier molecular flexibility index (Phi) is 4.73. The van der Waals surface area contributed by atoms with Crippen molar-refractivity contribution >= 4 is 7.82 Å². The average molecular weight is 434 g/mol. The second-order valence-corrected chi connectivity index (χ2v) is 8.15. The summed E-state index contributed by atoms with van der Waals surface area (Å²) in [7, 11) is -4.76. The van der Waals surface area contributed by atoms with Crippen molar-refractivity contribution in [3.63, 3.8) is 0 Å². The van der Waals surface area contributed by atoms with Gasteiger partial charge < -0.3 is 55.1 Å². The molecular formula is C12H19O15P. The van der Waals surface area contributed by atoms with Crippen molar-refractivity contribution < 1.29 is 73.2 Å². The summed E-state index contributed by atoms with van der Waals surface area (Å²) in [6.45, 7) is -1.83. The van der Waals surface area contributed by atoms with Gasteiger partial charge in [0.05, 0.1) is 13.2 Å². The number of hydrogen-bond acceptors (Lipinski definition) is 15. The summed E-state index contributed by atoms with van der Waals surface area (Å²) in [4.78, 5) is 0. The van der Waals surface area contributed by atoms with E-state index in [-0.39, 0.29) is 0 Å². The highest BCUT2D eigenvalue weighted by molar-refractivity contribution is 7.49. The molecule has 16 heteroatoms. The molecule has 4 rings (SSSR count). The van der Waals surface area contributed by atoms with E-state index in [4.69, 9.17) is 23.3 Å². The van der Waals surface area contributed by atoms with Gasteiger partial charge in [-0.25, -0.2) is 18.1 Å². The molecule has 15 nitrogen and oxygen atoms in total. The second kappa shape index (κ2) is 6.34. The molecule has 0 amide bonds. The first-order chi connectivity index (χ1) is 13.0. The SMILES string of the molecule is O=P12O[C@]3(OC4[C@@H](CO)O[C@H](O)[C@H](O)[C@H]4O)O[C@H](CO)[C@H](O)[C@@](O)(O1)[C@@]3(O)O2. The van der Waals surface area contributed by atoms with Crippen molar-refractivity contribution in [3.05, 3.63) is 0 Å². The number of phosphoric ester groups is 1. The minimum Gasteiger partial charge on any atom is -0.394 e. The lowest BCUT2D eigenvalue weighted by atomic mass is 9.89. The number of fused-ring (bicyclic) bond motifs is 1. The summed E-state index contributed by atoms with van der Waals surface area (Å²) in [5.74, 6) is -9.46. The van der Waals surface area contributed by atoms with E-state index in [2.05, 4.69) is 4.52 Å². The summed E-state index contributed by atoms with van der Waals surface area (Å²) in [6.07, 6.45) is -13.0. The zero-order valence-electron chi connectivity index (χ0n) is 13.8. The van der Waals surface area contributed by atoms with E-state index in [0.29, 0.717) is 0 Å². The minimum atomic E-state index is -4.76. The van der Waals surface area contributed by atoms with Crippen molar-refractivity contribution in [1.82, 2.24) is 0 Å². The zero-order chi connectivity index (χ0) is 20.7. The Balaban J connectivity index is 1.74. The minimum absolute atomic E-state index is 0.870. The van der Waals surface area contributed by atoms with Crippen LogP contribution in [-0.4, -0.2) is 115 Å². The fraction of sp³-hybridized carbons (Fsp3) is 1.00. The van der Waals surface area contributed by atoms with Crippen LogP contribution in [0.1, 0.15) is 0 Å². The summed E-state index contributed by atoms with van der Waals surface area (Å²) in [5.41, 5.74) is 0. The first-order valence-electron chi connectivity index (χ1n) is 8.08. The van der Waals surface area contributed by atoms with Crippen LogP contribution in [0.25, 0.3) is 0 Å². The molecule has 0 spiro atoms. The van der Waals surface area contributed by atoms with E-state index in [0.717, 1.165) is 0 Å². The van der Waals surface area contributed by atoms with E-state index < -0.39 is 81.5 Å². The standard InChI is InChI=1S/C12H19O15P/c13-1-3-7(5(15)6(16)9(18)22-3)24-12-11(20)10(19,8(17)4(2-14)23-12)25-28(21,26-11)27-12/h3-9,13-20H,1-2H2/t3-,4-,5-,6-,7?,8+,9+,10-,11-,12+,28?/m1/s1. The second-order valence-electron chi connectivity index (χ2n) is 6.71. The Morgan fingerprint density at radius 3 is 2.14 bits per heavy atom. The molecule has 4 aliphatic heterocycles. The molecule has 0 saturated carbocycles. The van der Waals surface area contributed by atoms with Gasteiger partial charge in [-0.3, -0.25) is 0 Å². The van der Waals surface area contributed by atoms with Gasteiger partial charge in [0.25, 0.3) is 5.79 Å². The molecule has 4 aliphatic rings. The Hall–Kier alpha value is -0.330. The van der Waals surface area contributed by atoms with Crippen LogP contribution >= 0.6 is 7.82 Å². The molecule has 2 unspecified atom stereocenters. The summed E-state index contributed by atoms with van der Waals surface area (Å²) in [5, 5.41) is 79.9. The van der Waals surface area contributed by atoms with Gasteiger partial charge in [0, 0.05) is 0 Å². The average Bonchev–Trinajstić information content (AvgIpc) is 2.99. The maximum absolute atomic E-state index is 12.4. The Morgan fingerprint density at radius 1 is 0.929 bits per heavy atom. The fourth-order valence-electron chi connectivity index (χ4n) is 3.53. The van der Waals surface area contributed by atoms with Crippen molar-refractivity contribution in [2.75, 3.05) is 13.2 Å². The number of aliphatic hydroxyl groups excluding tert-OH is 6. The van der Waals surface area contributed by atoms with Gasteiger partial charge >= 0.3 is 19.6 Å². The third kappa shape index (κ3) is 2.46. The summed E-state index contributed by atoms with van der Waals surface area (Å²) >= 11 is 0. The highest BCUT2D eigenvalue weighted by atomic mass is 31.2. The molecule has 28 heavy (non-hydrogen) atoms. The smallest absolute Gasteiger partial charge is 0.394 e. The molecule has 0 aromatic heterocycles. The van der Waals surface area contributed by atoms with Crippen molar-refractivity contribution in [2.24, 2.45) is 0 Å². The van der Waals surface area contributed by atoms with Crippen LogP contribution < -0.4 is 0 Å². The number of phosphoric acid groups is 1. The van der Waals surface area contributed by atoms with Crippen LogP contribution in [0.2, 0.25) is 0 Å². The third-order valence-electron chi connectivity index (χ3n) is 5.00. The highest BCUT2D eigenvalue weighted by Crippen LogP contribution is 2.77. The topological polar surface area (TPSA) is 234 Å². The van der Waals surface area contributed by atoms with Crippen LogP contribution in [0.5, 0.6) is 0 Å². The van der Waals surface area contributed by atoms with Crippen molar-refractivity contribution in [3.8, 4) is 0 Å². The summed E-state index contributed by atoms with van der Waals surface area (Å²) < 4.78 is 42.1. The lowest BCUT2D eigenvalue weighted by Crippen LogP contribution is -2.80. The van der Waals surface area contributed by atoms with E-state index in [9.17, 15) is 45.4 Å². The van der Waals surface area contributed by atoms with Crippen LogP contribution in [-0.2, 0) is 32.3 Å². The molecule has 4 heterocycles. The van der Waals surface area contributed by atoms with Gasteiger partial charge in [-0.15, -0.1) is 0 Å². The van der Waals surface area contributed by atoms with Crippen LogP contribution in [0.4, 0.5) is 0 Å².